The second kappa shape index (κ2) is 5.19. The van der Waals surface area contributed by atoms with Crippen molar-refractivity contribution >= 4 is 5.97 Å². The minimum atomic E-state index is -0.335. The second-order valence-electron chi connectivity index (χ2n) is 2.87. The van der Waals surface area contributed by atoms with Crippen LogP contribution in [0.1, 0.15) is 13.3 Å². The van der Waals surface area contributed by atoms with Crippen molar-refractivity contribution in [2.45, 2.75) is 20.1 Å². The summed E-state index contributed by atoms with van der Waals surface area (Å²) in [6.07, 6.45) is 1.81. The minimum absolute atomic E-state index is 0.0600. The number of nitrogens with zero attached hydrogens (tertiary/aromatic N) is 1. The average Bonchev–Trinajstić information content (AvgIpc) is 2.26. The van der Waals surface area contributed by atoms with Gasteiger partial charge in [-0.1, -0.05) is 6.92 Å². The van der Waals surface area contributed by atoms with Gasteiger partial charge in [0.1, 0.15) is 5.75 Å². The first kappa shape index (κ1) is 11.3. The lowest BCUT2D eigenvalue weighted by molar-refractivity contribution is -0.147. The number of hydrogen-bond donors (Lipinski definition) is 0. The van der Waals surface area contributed by atoms with Gasteiger partial charge in [-0.05, 0) is 6.07 Å². The summed E-state index contributed by atoms with van der Waals surface area (Å²) in [7, 11) is 1.48. The highest BCUT2D eigenvalue weighted by Crippen LogP contribution is 2.03. The molecular weight excluding hydrogens is 198 g/mol. The SMILES string of the molecule is CCC(=O)OCn1ccc(OC)cc1=O. The number of ether oxygens (including phenoxy) is 2. The van der Waals surface area contributed by atoms with E-state index in [4.69, 9.17) is 9.47 Å². The minimum Gasteiger partial charge on any atom is -0.497 e. The molecular formula is C10H13NO4. The van der Waals surface area contributed by atoms with Gasteiger partial charge in [-0.3, -0.25) is 14.2 Å². The quantitative estimate of drug-likeness (QED) is 0.690. The van der Waals surface area contributed by atoms with Gasteiger partial charge in [0.25, 0.3) is 5.56 Å². The molecule has 0 N–H and O–H groups in total. The molecule has 0 spiro atoms. The Hall–Kier alpha value is -1.78. The largest absolute Gasteiger partial charge is 0.497 e. The Bertz CT molecular complexity index is 397. The number of carbonyl (C=O) groups is 1. The zero-order valence-corrected chi connectivity index (χ0v) is 8.73. The third-order valence-electron chi connectivity index (χ3n) is 1.86. The Labute approximate surface area is 87.2 Å². The molecule has 0 saturated carbocycles. The van der Waals surface area contributed by atoms with Crippen LogP contribution in [-0.4, -0.2) is 17.6 Å². The molecule has 1 rings (SSSR count). The standard InChI is InChI=1S/C10H13NO4/c1-3-10(13)15-7-11-5-4-8(14-2)6-9(11)12/h4-6H,3,7H2,1-2H3. The van der Waals surface area contributed by atoms with E-state index in [1.54, 1.807) is 13.0 Å². The zero-order valence-electron chi connectivity index (χ0n) is 8.73. The van der Waals surface area contributed by atoms with Crippen LogP contribution in [0.2, 0.25) is 0 Å². The van der Waals surface area contributed by atoms with E-state index in [-0.39, 0.29) is 18.3 Å². The monoisotopic (exact) mass is 211 g/mol. The van der Waals surface area contributed by atoms with E-state index in [0.29, 0.717) is 12.2 Å². The fourth-order valence-corrected chi connectivity index (χ4v) is 0.967. The maximum absolute atomic E-state index is 11.4. The maximum atomic E-state index is 11.4. The third-order valence-corrected chi connectivity index (χ3v) is 1.86. The number of methoxy groups -OCH3 is 1. The van der Waals surface area contributed by atoms with Crippen molar-refractivity contribution in [1.29, 1.82) is 0 Å². The Morgan fingerprint density at radius 3 is 2.80 bits per heavy atom. The van der Waals surface area contributed by atoms with Gasteiger partial charge in [0, 0.05) is 18.7 Å². The van der Waals surface area contributed by atoms with E-state index in [1.165, 1.54) is 23.9 Å². The molecule has 0 bridgehead atoms. The van der Waals surface area contributed by atoms with Crippen LogP contribution in [0.5, 0.6) is 5.75 Å². The smallest absolute Gasteiger partial charge is 0.307 e. The number of hydrogen-bond acceptors (Lipinski definition) is 4. The molecule has 1 aromatic heterocycles. The lowest BCUT2D eigenvalue weighted by Crippen LogP contribution is -2.21. The molecule has 15 heavy (non-hydrogen) atoms. The van der Waals surface area contributed by atoms with Crippen LogP contribution in [0.4, 0.5) is 0 Å². The maximum Gasteiger partial charge on any atom is 0.307 e. The summed E-state index contributed by atoms with van der Waals surface area (Å²) in [5, 5.41) is 0. The predicted octanol–water partition coefficient (Wildman–Crippen LogP) is 0.768. The fraction of sp³-hybridized carbons (Fsp3) is 0.400. The van der Waals surface area contributed by atoms with Gasteiger partial charge in [-0.25, -0.2) is 0 Å². The van der Waals surface area contributed by atoms with E-state index in [9.17, 15) is 9.59 Å². The van der Waals surface area contributed by atoms with Gasteiger partial charge in [0.2, 0.25) is 0 Å². The van der Waals surface area contributed by atoms with Crippen LogP contribution in [0.15, 0.2) is 23.1 Å². The Kier molecular flexibility index (Phi) is 3.91. The first-order chi connectivity index (χ1) is 7.17. The Balaban J connectivity index is 2.70. The molecule has 0 saturated heterocycles. The predicted molar refractivity (Wildman–Crippen MR) is 53.6 cm³/mol. The molecule has 0 aromatic carbocycles. The van der Waals surface area contributed by atoms with Gasteiger partial charge < -0.3 is 9.47 Å². The molecule has 0 aliphatic carbocycles. The summed E-state index contributed by atoms with van der Waals surface area (Å²) in [5.74, 6) is 0.149. The Morgan fingerprint density at radius 1 is 1.53 bits per heavy atom. The second-order valence-corrected chi connectivity index (χ2v) is 2.87. The summed E-state index contributed by atoms with van der Waals surface area (Å²) in [6.45, 7) is 1.63. The Morgan fingerprint density at radius 2 is 2.27 bits per heavy atom. The molecule has 1 aromatic rings. The number of rotatable bonds is 4. The van der Waals surface area contributed by atoms with Crippen molar-refractivity contribution in [2.75, 3.05) is 7.11 Å². The van der Waals surface area contributed by atoms with Crippen molar-refractivity contribution in [1.82, 2.24) is 4.57 Å². The van der Waals surface area contributed by atoms with E-state index in [1.807, 2.05) is 0 Å². The number of pyridine rings is 1. The van der Waals surface area contributed by atoms with Crippen molar-refractivity contribution in [3.63, 3.8) is 0 Å². The van der Waals surface area contributed by atoms with Crippen LogP contribution in [0, 0.1) is 0 Å². The molecule has 0 amide bonds. The van der Waals surface area contributed by atoms with Gasteiger partial charge in [-0.2, -0.15) is 0 Å². The molecule has 0 aliphatic heterocycles. The van der Waals surface area contributed by atoms with Crippen molar-refractivity contribution in [2.24, 2.45) is 0 Å². The first-order valence-electron chi connectivity index (χ1n) is 4.57. The lowest BCUT2D eigenvalue weighted by Gasteiger charge is -2.06. The topological polar surface area (TPSA) is 57.5 Å². The van der Waals surface area contributed by atoms with Gasteiger partial charge in [0.15, 0.2) is 6.73 Å². The van der Waals surface area contributed by atoms with Gasteiger partial charge >= 0.3 is 5.97 Å². The molecule has 0 atom stereocenters. The number of aromatic nitrogens is 1. The summed E-state index contributed by atoms with van der Waals surface area (Å²) in [6, 6.07) is 2.96. The van der Waals surface area contributed by atoms with Gasteiger partial charge in [0.05, 0.1) is 7.11 Å². The molecule has 0 fully saturated rings. The highest BCUT2D eigenvalue weighted by molar-refractivity contribution is 5.68. The fourth-order valence-electron chi connectivity index (χ4n) is 0.967. The zero-order chi connectivity index (χ0) is 11.3. The molecule has 0 unspecified atom stereocenters. The summed E-state index contributed by atoms with van der Waals surface area (Å²) in [5.41, 5.74) is -0.266. The van der Waals surface area contributed by atoms with Crippen LogP contribution in [0.3, 0.4) is 0 Å². The van der Waals surface area contributed by atoms with E-state index in [2.05, 4.69) is 0 Å². The van der Waals surface area contributed by atoms with E-state index >= 15 is 0 Å². The lowest BCUT2D eigenvalue weighted by atomic mass is 10.4. The van der Waals surface area contributed by atoms with Crippen molar-refractivity contribution in [3.8, 4) is 5.75 Å². The summed E-state index contributed by atoms with van der Waals surface area (Å²) in [4.78, 5) is 22.2. The summed E-state index contributed by atoms with van der Waals surface area (Å²) < 4.78 is 11.0. The highest BCUT2D eigenvalue weighted by Gasteiger charge is 2.01. The molecule has 1 heterocycles. The first-order valence-corrected chi connectivity index (χ1v) is 4.57. The van der Waals surface area contributed by atoms with Crippen molar-refractivity contribution < 1.29 is 14.3 Å². The molecule has 0 aliphatic rings. The van der Waals surface area contributed by atoms with Crippen LogP contribution in [0.25, 0.3) is 0 Å². The molecule has 5 heteroatoms. The highest BCUT2D eigenvalue weighted by atomic mass is 16.5. The van der Waals surface area contributed by atoms with E-state index in [0.717, 1.165) is 0 Å². The van der Waals surface area contributed by atoms with Crippen LogP contribution >= 0.6 is 0 Å². The average molecular weight is 211 g/mol. The van der Waals surface area contributed by atoms with Crippen LogP contribution < -0.4 is 10.3 Å². The van der Waals surface area contributed by atoms with Crippen molar-refractivity contribution in [3.05, 3.63) is 28.7 Å². The number of carbonyl (C=O) groups excluding carboxylic acids is 1. The third kappa shape index (κ3) is 3.12. The summed E-state index contributed by atoms with van der Waals surface area (Å²) >= 11 is 0. The van der Waals surface area contributed by atoms with Crippen LogP contribution in [-0.2, 0) is 16.3 Å². The number of esters is 1. The molecule has 0 radical (unpaired) electrons. The molecule has 5 nitrogen and oxygen atoms in total. The molecule has 82 valence electrons. The van der Waals surface area contributed by atoms with E-state index < -0.39 is 0 Å². The normalized spacial score (nSPS) is 9.73. The van der Waals surface area contributed by atoms with Gasteiger partial charge in [-0.15, -0.1) is 0 Å².